The topological polar surface area (TPSA) is 127 Å². The second-order valence-corrected chi connectivity index (χ2v) is 10.3. The molecule has 0 aliphatic heterocycles. The molecule has 4 aliphatic carbocycles. The van der Waals surface area contributed by atoms with Gasteiger partial charge in [-0.2, -0.15) is 0 Å². The van der Waals surface area contributed by atoms with Crippen LogP contribution in [0.5, 0.6) is 0 Å². The van der Waals surface area contributed by atoms with Gasteiger partial charge in [0.25, 0.3) is 0 Å². The number of carboxylic acid groups (broad SMARTS) is 2. The van der Waals surface area contributed by atoms with Crippen LogP contribution in [-0.4, -0.2) is 57.7 Å². The first-order valence-electron chi connectivity index (χ1n) is 11.4. The van der Waals surface area contributed by atoms with E-state index in [-0.39, 0.29) is 23.7 Å². The van der Waals surface area contributed by atoms with E-state index in [0.717, 1.165) is 38.0 Å². The third-order valence-electron chi connectivity index (χ3n) is 8.79. The second-order valence-electron chi connectivity index (χ2n) is 10.3. The molecule has 8 atom stereocenters. The molecule has 0 saturated heterocycles. The Morgan fingerprint density at radius 1 is 1.06 bits per heavy atom. The molecule has 4 rings (SSSR count). The van der Waals surface area contributed by atoms with Gasteiger partial charge in [-0.1, -0.05) is 25.5 Å². The average molecular weight is 436 g/mol. The van der Waals surface area contributed by atoms with E-state index in [2.05, 4.69) is 25.2 Å². The maximum absolute atomic E-state index is 10.6. The molecule has 4 aliphatic rings. The predicted molar refractivity (Wildman–Crippen MR) is 116 cm³/mol. The van der Waals surface area contributed by atoms with Gasteiger partial charge in [-0.05, 0) is 80.6 Å². The number of aliphatic hydroxyl groups is 2. The van der Waals surface area contributed by atoms with Crippen LogP contribution in [0.2, 0.25) is 0 Å². The van der Waals surface area contributed by atoms with Crippen LogP contribution in [0.15, 0.2) is 23.8 Å². The maximum atomic E-state index is 10.6. The summed E-state index contributed by atoms with van der Waals surface area (Å²) in [5, 5.41) is 39.7. The summed E-state index contributed by atoms with van der Waals surface area (Å²) < 4.78 is 0. The minimum Gasteiger partial charge on any atom is -0.478 e. The number of likely N-dealkylation sites (N-methyl/N-ethyl adjacent to an activating group) is 1. The Kier molecular flexibility index (Phi) is 6.99. The fraction of sp³-hybridized carbons (Fsp3) is 0.750. The summed E-state index contributed by atoms with van der Waals surface area (Å²) in [5.41, 5.74) is 2.07. The van der Waals surface area contributed by atoms with E-state index >= 15 is 0 Å². The van der Waals surface area contributed by atoms with E-state index in [1.54, 1.807) is 0 Å². The van der Waals surface area contributed by atoms with Crippen molar-refractivity contribution in [2.24, 2.45) is 28.6 Å². The summed E-state index contributed by atoms with van der Waals surface area (Å²) in [6.07, 6.45) is 10.9. The van der Waals surface area contributed by atoms with Crippen molar-refractivity contribution in [1.82, 2.24) is 5.32 Å². The summed E-state index contributed by atoms with van der Waals surface area (Å²) in [6.45, 7) is 4.88. The number of rotatable bonds is 3. The molecular weight excluding hydrogens is 398 g/mol. The zero-order valence-corrected chi connectivity index (χ0v) is 18.8. The van der Waals surface area contributed by atoms with E-state index in [4.69, 9.17) is 10.2 Å². The normalized spacial score (nSPS) is 43.7. The largest absolute Gasteiger partial charge is 0.478 e. The number of hydrogen-bond acceptors (Lipinski definition) is 5. The molecule has 0 aromatic heterocycles. The van der Waals surface area contributed by atoms with Crippen LogP contribution in [0.1, 0.15) is 58.8 Å². The molecule has 3 fully saturated rings. The molecule has 31 heavy (non-hydrogen) atoms. The van der Waals surface area contributed by atoms with Crippen LogP contribution in [0.25, 0.3) is 0 Å². The highest BCUT2D eigenvalue weighted by Crippen LogP contribution is 2.64. The highest BCUT2D eigenvalue weighted by molar-refractivity contribution is 5.89. The van der Waals surface area contributed by atoms with Crippen molar-refractivity contribution in [1.29, 1.82) is 0 Å². The Labute approximate surface area is 184 Å². The molecule has 7 nitrogen and oxygen atoms in total. The van der Waals surface area contributed by atoms with Crippen molar-refractivity contribution >= 4 is 11.9 Å². The monoisotopic (exact) mass is 435 g/mol. The van der Waals surface area contributed by atoms with Crippen molar-refractivity contribution < 1.29 is 30.0 Å². The molecule has 0 aromatic carbocycles. The molecule has 0 bridgehead atoms. The molecule has 0 radical (unpaired) electrons. The number of aliphatic hydroxyl groups excluding tert-OH is 2. The van der Waals surface area contributed by atoms with Gasteiger partial charge in [0.1, 0.15) is 0 Å². The Hall–Kier alpha value is -1.70. The number of carboxylic acids is 2. The molecule has 174 valence electrons. The van der Waals surface area contributed by atoms with Crippen LogP contribution in [0.4, 0.5) is 0 Å². The number of nitrogens with one attached hydrogen (secondary N) is 1. The van der Waals surface area contributed by atoms with Crippen LogP contribution < -0.4 is 5.32 Å². The molecule has 7 heteroatoms. The standard InChI is InChI=1S/C20H33NO2.C4H4O4/c1-19-8-6-13(22)10-12(19)4-5-14-15(19)7-9-20(2)16(14)11-17(23)18(20)21-3;5-3(6)1-2-4(7)8/h4,13-18,21-23H,5-11H2,1-3H3;1-2H,(H,5,6)(H,7,8)/b;2-1-/t13-,14+,15-,16-,17+,18-,19-,20-;/m0./s1. The lowest BCUT2D eigenvalue weighted by Crippen LogP contribution is -2.53. The highest BCUT2D eigenvalue weighted by Gasteiger charge is 2.60. The number of aliphatic carboxylic acids is 2. The van der Waals surface area contributed by atoms with Crippen molar-refractivity contribution in [2.45, 2.75) is 77.0 Å². The van der Waals surface area contributed by atoms with Gasteiger partial charge in [0.15, 0.2) is 0 Å². The third-order valence-corrected chi connectivity index (χ3v) is 8.79. The van der Waals surface area contributed by atoms with Crippen molar-refractivity contribution in [3.8, 4) is 0 Å². The first-order chi connectivity index (χ1) is 14.5. The van der Waals surface area contributed by atoms with Crippen LogP contribution in [-0.2, 0) is 9.59 Å². The van der Waals surface area contributed by atoms with Crippen molar-refractivity contribution in [2.75, 3.05) is 7.05 Å². The Morgan fingerprint density at radius 3 is 2.29 bits per heavy atom. The van der Waals surface area contributed by atoms with E-state index in [1.165, 1.54) is 18.4 Å². The quantitative estimate of drug-likeness (QED) is 0.341. The number of carbonyl (C=O) groups is 2. The average Bonchev–Trinajstić information content (AvgIpc) is 2.97. The van der Waals surface area contributed by atoms with Gasteiger partial charge < -0.3 is 25.7 Å². The highest BCUT2D eigenvalue weighted by atomic mass is 16.4. The molecule has 0 unspecified atom stereocenters. The first-order valence-corrected chi connectivity index (χ1v) is 11.4. The zero-order valence-electron chi connectivity index (χ0n) is 18.8. The number of allylic oxidation sites excluding steroid dienone is 1. The minimum absolute atomic E-state index is 0.123. The summed E-state index contributed by atoms with van der Waals surface area (Å²) in [6, 6.07) is 0.250. The van der Waals surface area contributed by atoms with Gasteiger partial charge in [-0.25, -0.2) is 9.59 Å². The summed E-state index contributed by atoms with van der Waals surface area (Å²) in [5.74, 6) is -0.420. The van der Waals surface area contributed by atoms with Gasteiger partial charge in [0.2, 0.25) is 0 Å². The summed E-state index contributed by atoms with van der Waals surface area (Å²) in [4.78, 5) is 19.1. The first kappa shape index (κ1) is 24.0. The lowest BCUT2D eigenvalue weighted by molar-refractivity contribution is -0.134. The van der Waals surface area contributed by atoms with Crippen LogP contribution in [0, 0.1) is 28.6 Å². The lowest BCUT2D eigenvalue weighted by Gasteiger charge is -2.57. The van der Waals surface area contributed by atoms with Gasteiger partial charge in [0, 0.05) is 18.2 Å². The fourth-order valence-corrected chi connectivity index (χ4v) is 7.32. The Morgan fingerprint density at radius 2 is 1.71 bits per heavy atom. The fourth-order valence-electron chi connectivity index (χ4n) is 7.32. The number of hydrogen-bond donors (Lipinski definition) is 5. The van der Waals surface area contributed by atoms with Crippen molar-refractivity contribution in [3.05, 3.63) is 23.8 Å². The molecule has 3 saturated carbocycles. The molecule has 0 spiro atoms. The summed E-state index contributed by atoms with van der Waals surface area (Å²) in [7, 11) is 2.01. The van der Waals surface area contributed by atoms with Gasteiger partial charge in [0.05, 0.1) is 12.2 Å². The van der Waals surface area contributed by atoms with E-state index in [9.17, 15) is 19.8 Å². The number of fused-ring (bicyclic) bond motifs is 5. The maximum Gasteiger partial charge on any atom is 0.328 e. The second kappa shape index (κ2) is 9.04. The molecule has 0 aromatic rings. The van der Waals surface area contributed by atoms with Crippen LogP contribution >= 0.6 is 0 Å². The Balaban J connectivity index is 0.000000293. The van der Waals surface area contributed by atoms with E-state index < -0.39 is 11.9 Å². The Bertz CT molecular complexity index is 747. The van der Waals surface area contributed by atoms with Crippen molar-refractivity contribution in [3.63, 3.8) is 0 Å². The minimum atomic E-state index is -1.26. The smallest absolute Gasteiger partial charge is 0.328 e. The van der Waals surface area contributed by atoms with Crippen LogP contribution in [0.3, 0.4) is 0 Å². The SMILES string of the molecule is CN[C@H]1[C@H](O)C[C@H]2[C@@H]3CC=C4C[C@@H](O)CC[C@]4(C)[C@H]3CC[C@@]21C.O=C(O)/C=C\C(=O)O. The zero-order chi connectivity index (χ0) is 23.0. The van der Waals surface area contributed by atoms with Gasteiger partial charge >= 0.3 is 11.9 Å². The molecule has 0 heterocycles. The molecular formula is C24H37NO6. The van der Waals surface area contributed by atoms with Gasteiger partial charge in [-0.3, -0.25) is 0 Å². The molecule has 5 N–H and O–H groups in total. The summed E-state index contributed by atoms with van der Waals surface area (Å²) >= 11 is 0. The third kappa shape index (κ3) is 4.45. The van der Waals surface area contributed by atoms with Gasteiger partial charge in [-0.15, -0.1) is 0 Å². The van der Waals surface area contributed by atoms with E-state index in [0.29, 0.717) is 29.4 Å². The lowest BCUT2D eigenvalue weighted by atomic mass is 9.48. The predicted octanol–water partition coefficient (Wildman–Crippen LogP) is 2.58. The molecule has 0 amide bonds. The van der Waals surface area contributed by atoms with E-state index in [1.807, 2.05) is 7.05 Å².